The fourth-order valence-electron chi connectivity index (χ4n) is 2.52. The smallest absolute Gasteiger partial charge is 0.227 e. The van der Waals surface area contributed by atoms with Crippen molar-refractivity contribution in [3.63, 3.8) is 0 Å². The number of aliphatic hydroxyl groups excluding tert-OH is 1. The van der Waals surface area contributed by atoms with E-state index in [2.05, 4.69) is 5.32 Å². The van der Waals surface area contributed by atoms with Crippen LogP contribution in [0.2, 0.25) is 5.02 Å². The van der Waals surface area contributed by atoms with Crippen molar-refractivity contribution in [1.29, 1.82) is 0 Å². The number of rotatable bonds is 5. The number of hydrogen-bond acceptors (Lipinski definition) is 5. The summed E-state index contributed by atoms with van der Waals surface area (Å²) >= 11 is 6.03. The summed E-state index contributed by atoms with van der Waals surface area (Å²) in [6.07, 6.45) is 0. The maximum Gasteiger partial charge on any atom is 0.227 e. The zero-order chi connectivity index (χ0) is 17.8. The summed E-state index contributed by atoms with van der Waals surface area (Å²) in [5, 5.41) is 23.3. The van der Waals surface area contributed by atoms with Gasteiger partial charge in [0.15, 0.2) is 5.76 Å². The van der Waals surface area contributed by atoms with E-state index >= 15 is 0 Å². The molecule has 1 unspecified atom stereocenters. The second kappa shape index (κ2) is 7.42. The van der Waals surface area contributed by atoms with Gasteiger partial charge in [-0.15, -0.1) is 0 Å². The van der Waals surface area contributed by atoms with Gasteiger partial charge in [0.1, 0.15) is 18.4 Å². The number of anilines is 1. The van der Waals surface area contributed by atoms with Crippen LogP contribution in [0.1, 0.15) is 23.1 Å². The van der Waals surface area contributed by atoms with Gasteiger partial charge in [-0.2, -0.15) is 0 Å². The number of halogens is 1. The van der Waals surface area contributed by atoms with Crippen molar-refractivity contribution in [1.82, 2.24) is 0 Å². The van der Waals surface area contributed by atoms with Crippen molar-refractivity contribution in [2.24, 2.45) is 0 Å². The number of hydrogen-bond donors (Lipinski definition) is 3. The first kappa shape index (κ1) is 17.1. The van der Waals surface area contributed by atoms with Crippen LogP contribution in [0.4, 0.5) is 5.69 Å². The molecule has 0 spiro atoms. The van der Waals surface area contributed by atoms with Crippen LogP contribution >= 0.6 is 11.6 Å². The molecule has 128 valence electrons. The molecule has 1 atom stereocenters. The molecular formula is C19H16ClNO4. The zero-order valence-electron chi connectivity index (χ0n) is 13.1. The molecule has 0 fully saturated rings. The summed E-state index contributed by atoms with van der Waals surface area (Å²) < 4.78 is 5.56. The largest absolute Gasteiger partial charge is 0.502 e. The molecule has 0 aliphatic heterocycles. The van der Waals surface area contributed by atoms with Crippen molar-refractivity contribution < 1.29 is 14.6 Å². The van der Waals surface area contributed by atoms with Crippen LogP contribution in [0.5, 0.6) is 5.75 Å². The standard InChI is InChI=1S/C19H16ClNO4/c20-13-7-4-8-14(9-13)21-17(12-5-2-1-3-6-12)19-18(24)16(23)10-15(11-22)25-19/h1-10,17,21-22,24H,11H2. The zero-order valence-corrected chi connectivity index (χ0v) is 13.9. The van der Waals surface area contributed by atoms with Crippen LogP contribution in [-0.2, 0) is 6.61 Å². The summed E-state index contributed by atoms with van der Waals surface area (Å²) in [6.45, 7) is -0.443. The van der Waals surface area contributed by atoms with E-state index in [9.17, 15) is 15.0 Å². The van der Waals surface area contributed by atoms with Crippen LogP contribution < -0.4 is 10.7 Å². The fraction of sp³-hybridized carbons (Fsp3) is 0.105. The van der Waals surface area contributed by atoms with Gasteiger partial charge < -0.3 is 19.9 Å². The molecule has 0 saturated carbocycles. The normalized spacial score (nSPS) is 11.9. The van der Waals surface area contributed by atoms with E-state index in [0.29, 0.717) is 10.7 Å². The Kier molecular flexibility index (Phi) is 5.07. The molecule has 0 amide bonds. The van der Waals surface area contributed by atoms with Crippen LogP contribution in [0, 0.1) is 0 Å². The molecular weight excluding hydrogens is 342 g/mol. The molecule has 25 heavy (non-hydrogen) atoms. The summed E-state index contributed by atoms with van der Waals surface area (Å²) in [7, 11) is 0. The van der Waals surface area contributed by atoms with Crippen molar-refractivity contribution in [3.8, 4) is 5.75 Å². The van der Waals surface area contributed by atoms with Crippen molar-refractivity contribution in [3.05, 3.63) is 93.0 Å². The van der Waals surface area contributed by atoms with E-state index in [-0.39, 0.29) is 11.5 Å². The topological polar surface area (TPSA) is 82.7 Å². The van der Waals surface area contributed by atoms with E-state index in [0.717, 1.165) is 11.6 Å². The summed E-state index contributed by atoms with van der Waals surface area (Å²) in [6, 6.07) is 16.7. The maximum absolute atomic E-state index is 12.0. The molecule has 0 saturated heterocycles. The van der Waals surface area contributed by atoms with Gasteiger partial charge in [0.05, 0.1) is 0 Å². The van der Waals surface area contributed by atoms with Crippen LogP contribution in [0.3, 0.4) is 0 Å². The summed E-state index contributed by atoms with van der Waals surface area (Å²) in [5.74, 6) is -0.394. The molecule has 0 radical (unpaired) electrons. The molecule has 3 N–H and O–H groups in total. The quantitative estimate of drug-likeness (QED) is 0.648. The molecule has 1 aromatic heterocycles. The third kappa shape index (κ3) is 3.84. The number of nitrogens with one attached hydrogen (secondary N) is 1. The number of benzene rings is 2. The first-order chi connectivity index (χ1) is 12.1. The highest BCUT2D eigenvalue weighted by atomic mass is 35.5. The Bertz CT molecular complexity index is 924. The first-order valence-electron chi connectivity index (χ1n) is 7.62. The molecule has 5 nitrogen and oxygen atoms in total. The molecule has 0 aliphatic rings. The van der Waals surface area contributed by atoms with Crippen LogP contribution in [-0.4, -0.2) is 10.2 Å². The third-order valence-electron chi connectivity index (χ3n) is 3.69. The van der Waals surface area contributed by atoms with E-state index in [1.54, 1.807) is 18.2 Å². The predicted molar refractivity (Wildman–Crippen MR) is 95.9 cm³/mol. The third-order valence-corrected chi connectivity index (χ3v) is 3.92. The Labute approximate surface area is 149 Å². The van der Waals surface area contributed by atoms with Gasteiger partial charge in [-0.3, -0.25) is 4.79 Å². The van der Waals surface area contributed by atoms with Gasteiger partial charge in [-0.25, -0.2) is 0 Å². The highest BCUT2D eigenvalue weighted by Gasteiger charge is 2.23. The molecule has 1 heterocycles. The average molecular weight is 358 g/mol. The molecule has 3 rings (SSSR count). The SMILES string of the molecule is O=c1cc(CO)oc(C(Nc2cccc(Cl)c2)c2ccccc2)c1O. The van der Waals surface area contributed by atoms with Crippen molar-refractivity contribution in [2.75, 3.05) is 5.32 Å². The van der Waals surface area contributed by atoms with Crippen LogP contribution in [0.15, 0.2) is 69.9 Å². The Morgan fingerprint density at radius 1 is 1.08 bits per heavy atom. The van der Waals surface area contributed by atoms with Gasteiger partial charge >= 0.3 is 0 Å². The second-order valence-corrected chi connectivity index (χ2v) is 5.88. The van der Waals surface area contributed by atoms with Gasteiger partial charge in [0.25, 0.3) is 0 Å². The van der Waals surface area contributed by atoms with Crippen molar-refractivity contribution in [2.45, 2.75) is 12.6 Å². The minimum Gasteiger partial charge on any atom is -0.502 e. The molecule has 3 aromatic rings. The highest BCUT2D eigenvalue weighted by Crippen LogP contribution is 2.32. The molecule has 0 bridgehead atoms. The minimum absolute atomic E-state index is 0.0303. The fourth-order valence-corrected chi connectivity index (χ4v) is 2.71. The maximum atomic E-state index is 12.0. The van der Waals surface area contributed by atoms with E-state index in [1.807, 2.05) is 36.4 Å². The number of aromatic hydroxyl groups is 1. The van der Waals surface area contributed by atoms with E-state index < -0.39 is 23.8 Å². The Balaban J connectivity index is 2.12. The summed E-state index contributed by atoms with van der Waals surface area (Å²) in [5.41, 5.74) is 0.855. The van der Waals surface area contributed by atoms with Gasteiger partial charge in [0, 0.05) is 16.8 Å². The van der Waals surface area contributed by atoms with Crippen molar-refractivity contribution >= 4 is 17.3 Å². The Hall–Kier alpha value is -2.76. The average Bonchev–Trinajstić information content (AvgIpc) is 2.63. The highest BCUT2D eigenvalue weighted by molar-refractivity contribution is 6.30. The molecule has 6 heteroatoms. The second-order valence-electron chi connectivity index (χ2n) is 5.45. The number of aliphatic hydroxyl groups is 1. The molecule has 0 aliphatic carbocycles. The first-order valence-corrected chi connectivity index (χ1v) is 8.00. The van der Waals surface area contributed by atoms with Gasteiger partial charge in [0.2, 0.25) is 11.2 Å². The monoisotopic (exact) mass is 357 g/mol. The Morgan fingerprint density at radius 2 is 1.84 bits per heavy atom. The lowest BCUT2D eigenvalue weighted by Crippen LogP contribution is -2.16. The lowest BCUT2D eigenvalue weighted by molar-refractivity contribution is 0.234. The lowest BCUT2D eigenvalue weighted by Gasteiger charge is -2.21. The predicted octanol–water partition coefficient (Wildman–Crippen LogP) is 3.69. The van der Waals surface area contributed by atoms with Gasteiger partial charge in [-0.05, 0) is 23.8 Å². The Morgan fingerprint density at radius 3 is 2.52 bits per heavy atom. The van der Waals surface area contributed by atoms with E-state index in [1.165, 1.54) is 0 Å². The van der Waals surface area contributed by atoms with E-state index in [4.69, 9.17) is 16.0 Å². The van der Waals surface area contributed by atoms with Crippen LogP contribution in [0.25, 0.3) is 0 Å². The van der Waals surface area contributed by atoms with Gasteiger partial charge in [-0.1, -0.05) is 48.0 Å². The minimum atomic E-state index is -0.640. The molecule has 2 aromatic carbocycles. The summed E-state index contributed by atoms with van der Waals surface area (Å²) in [4.78, 5) is 12.0. The lowest BCUT2D eigenvalue weighted by atomic mass is 10.0.